The molecule has 0 aliphatic heterocycles. The predicted octanol–water partition coefficient (Wildman–Crippen LogP) is 3.01. The molecule has 0 heterocycles. The summed E-state index contributed by atoms with van der Waals surface area (Å²) in [6.45, 7) is 3.81. The highest BCUT2D eigenvalue weighted by Gasteiger charge is 2.15. The summed E-state index contributed by atoms with van der Waals surface area (Å²) in [4.78, 5) is 26.2. The topological polar surface area (TPSA) is 90.3 Å². The maximum Gasteiger partial charge on any atom is 0.279 e. The van der Waals surface area contributed by atoms with Gasteiger partial charge in [-0.25, -0.2) is 0 Å². The third-order valence-electron chi connectivity index (χ3n) is 5.59. The smallest absolute Gasteiger partial charge is 0.279 e. The van der Waals surface area contributed by atoms with Crippen LogP contribution in [0.3, 0.4) is 0 Å². The Bertz CT molecular complexity index is 1130. The van der Waals surface area contributed by atoms with Crippen LogP contribution in [0.2, 0.25) is 0 Å². The summed E-state index contributed by atoms with van der Waals surface area (Å²) in [5, 5.41) is 5.75. The predicted molar refractivity (Wildman–Crippen MR) is 136 cm³/mol. The summed E-state index contributed by atoms with van der Waals surface area (Å²) in [5.41, 5.74) is 2.86. The highest BCUT2D eigenvalue weighted by atomic mass is 16.5. The normalized spacial score (nSPS) is 11.3. The molecule has 0 aliphatic carbocycles. The molecule has 0 aromatic heterocycles. The van der Waals surface area contributed by atoms with Crippen LogP contribution >= 0.6 is 0 Å². The molecule has 0 aliphatic rings. The van der Waals surface area contributed by atoms with E-state index in [1.54, 1.807) is 69.9 Å². The molecule has 2 amide bonds. The average molecular weight is 479 g/mol. The molecule has 0 radical (unpaired) electrons. The highest BCUT2D eigenvalue weighted by molar-refractivity contribution is 6.04. The Morgan fingerprint density at radius 1 is 0.771 bits per heavy atom. The fourth-order valence-corrected chi connectivity index (χ4v) is 3.61. The van der Waals surface area contributed by atoms with Gasteiger partial charge in [-0.05, 0) is 73.7 Å². The molecule has 1 atom stereocenters. The number of methoxy groups -OCH3 is 3. The summed E-state index contributed by atoms with van der Waals surface area (Å²) in [6.07, 6.45) is 0. The number of quaternary nitrogens is 1. The summed E-state index contributed by atoms with van der Waals surface area (Å²) in [7, 11) is 4.80. The van der Waals surface area contributed by atoms with Gasteiger partial charge in [0.25, 0.3) is 11.8 Å². The van der Waals surface area contributed by atoms with Gasteiger partial charge in [0, 0.05) is 22.5 Å². The Morgan fingerprint density at radius 3 is 2.00 bits per heavy atom. The molecular formula is C27H32N3O5+. The SMILES string of the molecule is CC[NH+](CC(=O)Nc1ccc(C(=O)Nc2ccc(OC)cc2)cc1)Cc1ccc(OC)c(OC)c1. The number of anilines is 2. The van der Waals surface area contributed by atoms with Crippen LogP contribution in [0, 0.1) is 0 Å². The van der Waals surface area contributed by atoms with Crippen LogP contribution in [-0.2, 0) is 11.3 Å². The van der Waals surface area contributed by atoms with Crippen molar-refractivity contribution < 1.29 is 28.7 Å². The van der Waals surface area contributed by atoms with Crippen molar-refractivity contribution in [1.29, 1.82) is 0 Å². The molecule has 3 rings (SSSR count). The lowest BCUT2D eigenvalue weighted by molar-refractivity contribution is -0.903. The largest absolute Gasteiger partial charge is 0.497 e. The molecule has 1 unspecified atom stereocenters. The number of carbonyl (C=O) groups is 2. The Labute approximate surface area is 205 Å². The summed E-state index contributed by atoms with van der Waals surface area (Å²) in [5.74, 6) is 1.73. The lowest BCUT2D eigenvalue weighted by atomic mass is 10.1. The number of benzene rings is 3. The van der Waals surface area contributed by atoms with E-state index in [1.165, 1.54) is 0 Å². The van der Waals surface area contributed by atoms with Gasteiger partial charge in [-0.1, -0.05) is 0 Å². The molecule has 0 spiro atoms. The molecule has 0 bridgehead atoms. The molecule has 35 heavy (non-hydrogen) atoms. The standard InChI is InChI=1S/C27H31N3O5/c1-5-30(17-19-6-15-24(34-3)25(16-19)35-4)18-26(31)28-21-9-7-20(8-10-21)27(32)29-22-11-13-23(33-2)14-12-22/h6-16H,5,17-18H2,1-4H3,(H,28,31)(H,29,32)/p+1. The van der Waals surface area contributed by atoms with E-state index in [4.69, 9.17) is 14.2 Å². The second kappa shape index (κ2) is 12.4. The molecule has 0 fully saturated rings. The monoisotopic (exact) mass is 478 g/mol. The lowest BCUT2D eigenvalue weighted by Crippen LogP contribution is -3.11. The van der Waals surface area contributed by atoms with Crippen molar-refractivity contribution in [3.8, 4) is 17.2 Å². The Balaban J connectivity index is 1.54. The second-order valence-corrected chi connectivity index (χ2v) is 7.95. The molecule has 3 aromatic carbocycles. The van der Waals surface area contributed by atoms with Gasteiger partial charge in [0.1, 0.15) is 12.3 Å². The van der Waals surface area contributed by atoms with Gasteiger partial charge in [0.05, 0.1) is 27.9 Å². The van der Waals surface area contributed by atoms with Crippen molar-refractivity contribution in [1.82, 2.24) is 0 Å². The maximum atomic E-state index is 12.6. The van der Waals surface area contributed by atoms with Crippen LogP contribution in [0.4, 0.5) is 11.4 Å². The van der Waals surface area contributed by atoms with E-state index in [-0.39, 0.29) is 11.8 Å². The molecule has 3 aromatic rings. The fraction of sp³-hybridized carbons (Fsp3) is 0.259. The fourth-order valence-electron chi connectivity index (χ4n) is 3.61. The molecule has 8 nitrogen and oxygen atoms in total. The molecule has 8 heteroatoms. The highest BCUT2D eigenvalue weighted by Crippen LogP contribution is 2.27. The summed E-state index contributed by atoms with van der Waals surface area (Å²) >= 11 is 0. The molecule has 0 saturated heterocycles. The van der Waals surface area contributed by atoms with Crippen LogP contribution < -0.4 is 29.7 Å². The number of likely N-dealkylation sites (N-methyl/N-ethyl adjacent to an activating group) is 1. The van der Waals surface area contributed by atoms with E-state index >= 15 is 0 Å². The first-order chi connectivity index (χ1) is 16.9. The van der Waals surface area contributed by atoms with E-state index in [9.17, 15) is 9.59 Å². The van der Waals surface area contributed by atoms with Gasteiger partial charge >= 0.3 is 0 Å². The number of amides is 2. The van der Waals surface area contributed by atoms with E-state index in [0.29, 0.717) is 41.5 Å². The number of hydrogen-bond donors (Lipinski definition) is 3. The van der Waals surface area contributed by atoms with Crippen molar-refractivity contribution in [2.45, 2.75) is 13.5 Å². The van der Waals surface area contributed by atoms with Crippen molar-refractivity contribution in [2.75, 3.05) is 45.1 Å². The second-order valence-electron chi connectivity index (χ2n) is 7.95. The van der Waals surface area contributed by atoms with Crippen molar-refractivity contribution in [2.24, 2.45) is 0 Å². The first-order valence-corrected chi connectivity index (χ1v) is 11.4. The number of hydrogen-bond acceptors (Lipinski definition) is 5. The van der Waals surface area contributed by atoms with Gasteiger partial charge in [0.2, 0.25) is 0 Å². The zero-order valence-corrected chi connectivity index (χ0v) is 20.5. The van der Waals surface area contributed by atoms with E-state index < -0.39 is 0 Å². The van der Waals surface area contributed by atoms with E-state index in [1.807, 2.05) is 25.1 Å². The first-order valence-electron chi connectivity index (χ1n) is 11.4. The number of carbonyl (C=O) groups excluding carboxylic acids is 2. The third kappa shape index (κ3) is 7.22. The van der Waals surface area contributed by atoms with Crippen LogP contribution in [0.15, 0.2) is 66.7 Å². The average Bonchev–Trinajstić information content (AvgIpc) is 2.88. The van der Waals surface area contributed by atoms with Crippen LogP contribution in [0.1, 0.15) is 22.8 Å². The minimum Gasteiger partial charge on any atom is -0.497 e. The van der Waals surface area contributed by atoms with Crippen molar-refractivity contribution in [3.05, 3.63) is 77.9 Å². The number of nitrogens with one attached hydrogen (secondary N) is 3. The van der Waals surface area contributed by atoms with Crippen LogP contribution in [0.5, 0.6) is 17.2 Å². The van der Waals surface area contributed by atoms with Crippen molar-refractivity contribution >= 4 is 23.2 Å². The Morgan fingerprint density at radius 2 is 1.40 bits per heavy atom. The van der Waals surface area contributed by atoms with Gasteiger partial charge in [0.15, 0.2) is 18.0 Å². The molecule has 3 N–H and O–H groups in total. The zero-order valence-electron chi connectivity index (χ0n) is 20.5. The van der Waals surface area contributed by atoms with Gasteiger partial charge < -0.3 is 29.7 Å². The van der Waals surface area contributed by atoms with Crippen LogP contribution in [0.25, 0.3) is 0 Å². The lowest BCUT2D eigenvalue weighted by Gasteiger charge is -2.18. The quantitative estimate of drug-likeness (QED) is 0.394. The first kappa shape index (κ1) is 25.6. The van der Waals surface area contributed by atoms with Gasteiger partial charge in [-0.15, -0.1) is 0 Å². The van der Waals surface area contributed by atoms with Crippen LogP contribution in [-0.4, -0.2) is 46.2 Å². The summed E-state index contributed by atoms with van der Waals surface area (Å²) in [6, 6.07) is 19.7. The Kier molecular flexibility index (Phi) is 9.09. The zero-order chi connectivity index (χ0) is 25.2. The van der Waals surface area contributed by atoms with Gasteiger partial charge in [-0.3, -0.25) is 9.59 Å². The minimum atomic E-state index is -0.232. The molecule has 0 saturated carbocycles. The molecular weight excluding hydrogens is 446 g/mol. The van der Waals surface area contributed by atoms with Gasteiger partial charge in [-0.2, -0.15) is 0 Å². The summed E-state index contributed by atoms with van der Waals surface area (Å²) < 4.78 is 15.8. The van der Waals surface area contributed by atoms with E-state index in [2.05, 4.69) is 10.6 Å². The number of rotatable bonds is 11. The maximum absolute atomic E-state index is 12.6. The minimum absolute atomic E-state index is 0.0993. The van der Waals surface area contributed by atoms with Crippen molar-refractivity contribution in [3.63, 3.8) is 0 Å². The number of ether oxygens (including phenoxy) is 3. The molecule has 184 valence electrons. The van der Waals surface area contributed by atoms with E-state index in [0.717, 1.165) is 22.8 Å². The third-order valence-corrected chi connectivity index (χ3v) is 5.59. The Hall–Kier alpha value is -4.04.